The van der Waals surface area contributed by atoms with Crippen LogP contribution in [0, 0.1) is 0 Å². The van der Waals surface area contributed by atoms with Crippen LogP contribution in [0.5, 0.6) is 0 Å². The van der Waals surface area contributed by atoms with E-state index in [1.165, 1.54) is 5.56 Å². The third-order valence-corrected chi connectivity index (χ3v) is 4.92. The van der Waals surface area contributed by atoms with Crippen molar-refractivity contribution in [3.8, 4) is 11.1 Å². The molecule has 4 rings (SSSR count). The molecule has 0 saturated carbocycles. The minimum Gasteiger partial charge on any atom is -0.462 e. The molecule has 0 aromatic heterocycles. The van der Waals surface area contributed by atoms with E-state index in [0.29, 0.717) is 12.2 Å². The summed E-state index contributed by atoms with van der Waals surface area (Å²) in [6.45, 7) is 2.14. The van der Waals surface area contributed by atoms with Crippen molar-refractivity contribution in [2.75, 3.05) is 11.9 Å². The van der Waals surface area contributed by atoms with Crippen LogP contribution in [-0.4, -0.2) is 18.4 Å². The van der Waals surface area contributed by atoms with Crippen molar-refractivity contribution >= 4 is 23.2 Å². The van der Waals surface area contributed by atoms with Gasteiger partial charge >= 0.3 is 5.97 Å². The first kappa shape index (κ1) is 21.1. The molecule has 0 aliphatic rings. The predicted octanol–water partition coefficient (Wildman–Crippen LogP) is 6.72. The molecule has 0 spiro atoms. The van der Waals surface area contributed by atoms with Gasteiger partial charge in [0.2, 0.25) is 0 Å². The highest BCUT2D eigenvalue weighted by atomic mass is 16.5. The van der Waals surface area contributed by atoms with Gasteiger partial charge in [-0.15, -0.1) is 0 Å². The molecule has 32 heavy (non-hydrogen) atoms. The molecule has 0 aliphatic heterocycles. The molecule has 4 heteroatoms. The lowest BCUT2D eigenvalue weighted by Crippen LogP contribution is -2.13. The summed E-state index contributed by atoms with van der Waals surface area (Å²) in [6, 6.07) is 35.6. The SMILES string of the molecule is CCOC(=O)c1ccc(N=C(Nc2ccc(-c3ccccc3)cc2)c2ccccc2)cc1. The van der Waals surface area contributed by atoms with E-state index in [2.05, 4.69) is 29.6 Å². The van der Waals surface area contributed by atoms with Crippen LogP contribution in [0.15, 0.2) is 114 Å². The number of aliphatic imine (C=N–C) groups is 1. The normalized spacial score (nSPS) is 11.1. The molecule has 0 amide bonds. The van der Waals surface area contributed by atoms with E-state index in [1.54, 1.807) is 19.1 Å². The highest BCUT2D eigenvalue weighted by Crippen LogP contribution is 2.22. The number of amidine groups is 1. The Bertz CT molecular complexity index is 1180. The summed E-state index contributed by atoms with van der Waals surface area (Å²) in [6.07, 6.45) is 0. The predicted molar refractivity (Wildman–Crippen MR) is 131 cm³/mol. The van der Waals surface area contributed by atoms with Gasteiger partial charge in [0.05, 0.1) is 17.9 Å². The molecule has 0 atom stereocenters. The molecular weight excluding hydrogens is 396 g/mol. The fraction of sp³-hybridized carbons (Fsp3) is 0.0714. The van der Waals surface area contributed by atoms with Crippen LogP contribution in [-0.2, 0) is 4.74 Å². The number of ether oxygens (including phenoxy) is 1. The molecule has 0 aliphatic carbocycles. The van der Waals surface area contributed by atoms with Gasteiger partial charge in [-0.1, -0.05) is 72.8 Å². The van der Waals surface area contributed by atoms with E-state index in [1.807, 2.05) is 72.8 Å². The van der Waals surface area contributed by atoms with Gasteiger partial charge in [0.1, 0.15) is 5.84 Å². The zero-order valence-electron chi connectivity index (χ0n) is 17.9. The Morgan fingerprint density at radius 1 is 0.719 bits per heavy atom. The maximum absolute atomic E-state index is 11.9. The van der Waals surface area contributed by atoms with Crippen LogP contribution in [0.4, 0.5) is 11.4 Å². The Morgan fingerprint density at radius 3 is 1.94 bits per heavy atom. The van der Waals surface area contributed by atoms with Gasteiger partial charge in [0.25, 0.3) is 0 Å². The standard InChI is InChI=1S/C28H24N2O2/c1-2-32-28(31)24-15-19-26(20-16-24)30-27(23-11-7-4-8-12-23)29-25-17-13-22(14-18-25)21-9-5-3-6-10-21/h3-20H,2H2,1H3,(H,29,30). The second-order valence-electron chi connectivity index (χ2n) is 7.16. The Hall–Kier alpha value is -4.18. The van der Waals surface area contributed by atoms with E-state index < -0.39 is 0 Å². The number of rotatable bonds is 6. The van der Waals surface area contributed by atoms with Crippen LogP contribution in [0.25, 0.3) is 11.1 Å². The average Bonchev–Trinajstić information content (AvgIpc) is 2.86. The van der Waals surface area contributed by atoms with Gasteiger partial charge in [0, 0.05) is 11.3 Å². The number of benzene rings is 4. The van der Waals surface area contributed by atoms with E-state index in [9.17, 15) is 4.79 Å². The van der Waals surface area contributed by atoms with Gasteiger partial charge in [-0.2, -0.15) is 0 Å². The first-order chi connectivity index (χ1) is 15.7. The van der Waals surface area contributed by atoms with Gasteiger partial charge in [-0.25, -0.2) is 9.79 Å². The number of nitrogens with one attached hydrogen (secondary N) is 1. The second kappa shape index (κ2) is 10.2. The zero-order valence-corrected chi connectivity index (χ0v) is 17.9. The van der Waals surface area contributed by atoms with Crippen molar-refractivity contribution in [1.82, 2.24) is 0 Å². The number of carbonyl (C=O) groups is 1. The monoisotopic (exact) mass is 420 g/mol. The highest BCUT2D eigenvalue weighted by molar-refractivity contribution is 6.09. The largest absolute Gasteiger partial charge is 0.462 e. The molecule has 0 saturated heterocycles. The molecule has 4 aromatic carbocycles. The number of carbonyl (C=O) groups excluding carboxylic acids is 1. The smallest absolute Gasteiger partial charge is 0.338 e. The molecule has 4 nitrogen and oxygen atoms in total. The van der Waals surface area contributed by atoms with Gasteiger partial charge < -0.3 is 10.1 Å². The summed E-state index contributed by atoms with van der Waals surface area (Å²) in [7, 11) is 0. The molecule has 158 valence electrons. The van der Waals surface area contributed by atoms with Crippen molar-refractivity contribution in [3.05, 3.63) is 120 Å². The average molecular weight is 421 g/mol. The molecule has 4 aromatic rings. The number of hydrogen-bond acceptors (Lipinski definition) is 3. The number of nitrogens with zero attached hydrogens (tertiary/aromatic N) is 1. The third-order valence-electron chi connectivity index (χ3n) is 4.92. The van der Waals surface area contributed by atoms with Crippen LogP contribution in [0.2, 0.25) is 0 Å². The fourth-order valence-corrected chi connectivity index (χ4v) is 3.29. The third kappa shape index (κ3) is 5.29. The topological polar surface area (TPSA) is 50.7 Å². The Balaban J connectivity index is 1.60. The highest BCUT2D eigenvalue weighted by Gasteiger charge is 2.08. The summed E-state index contributed by atoms with van der Waals surface area (Å²) in [5.74, 6) is 0.393. The summed E-state index contributed by atoms with van der Waals surface area (Å²) >= 11 is 0. The van der Waals surface area contributed by atoms with Crippen LogP contribution in [0.3, 0.4) is 0 Å². The maximum Gasteiger partial charge on any atom is 0.338 e. The summed E-state index contributed by atoms with van der Waals surface area (Å²) in [5.41, 5.74) is 5.49. The Morgan fingerprint density at radius 2 is 1.31 bits per heavy atom. The summed E-state index contributed by atoms with van der Waals surface area (Å²) < 4.78 is 5.05. The number of esters is 1. The lowest BCUT2D eigenvalue weighted by atomic mass is 10.1. The number of hydrogen-bond donors (Lipinski definition) is 1. The first-order valence-corrected chi connectivity index (χ1v) is 10.6. The van der Waals surface area contributed by atoms with Crippen molar-refractivity contribution in [1.29, 1.82) is 0 Å². The second-order valence-corrected chi connectivity index (χ2v) is 7.16. The number of anilines is 1. The lowest BCUT2D eigenvalue weighted by molar-refractivity contribution is 0.0526. The van der Waals surface area contributed by atoms with Crippen molar-refractivity contribution in [3.63, 3.8) is 0 Å². The molecule has 1 N–H and O–H groups in total. The van der Waals surface area contributed by atoms with Gasteiger partial charge in [0.15, 0.2) is 0 Å². The van der Waals surface area contributed by atoms with Gasteiger partial charge in [-0.05, 0) is 54.4 Å². The van der Waals surface area contributed by atoms with Crippen molar-refractivity contribution in [2.24, 2.45) is 4.99 Å². The fourth-order valence-electron chi connectivity index (χ4n) is 3.29. The van der Waals surface area contributed by atoms with E-state index >= 15 is 0 Å². The quantitative estimate of drug-likeness (QED) is 0.214. The first-order valence-electron chi connectivity index (χ1n) is 10.6. The maximum atomic E-state index is 11.9. The molecule has 0 bridgehead atoms. The summed E-state index contributed by atoms with van der Waals surface area (Å²) in [5, 5.41) is 3.44. The van der Waals surface area contributed by atoms with E-state index in [-0.39, 0.29) is 5.97 Å². The lowest BCUT2D eigenvalue weighted by Gasteiger charge is -2.12. The zero-order chi connectivity index (χ0) is 22.2. The van der Waals surface area contributed by atoms with Crippen LogP contribution in [0.1, 0.15) is 22.8 Å². The molecule has 0 heterocycles. The van der Waals surface area contributed by atoms with E-state index in [0.717, 1.165) is 28.3 Å². The molecule has 0 unspecified atom stereocenters. The molecular formula is C28H24N2O2. The minimum atomic E-state index is -0.331. The molecule has 0 fully saturated rings. The van der Waals surface area contributed by atoms with Crippen molar-refractivity contribution in [2.45, 2.75) is 6.92 Å². The minimum absolute atomic E-state index is 0.331. The van der Waals surface area contributed by atoms with Crippen LogP contribution >= 0.6 is 0 Å². The Labute approximate surface area is 188 Å². The van der Waals surface area contributed by atoms with Crippen molar-refractivity contribution < 1.29 is 9.53 Å². The summed E-state index contributed by atoms with van der Waals surface area (Å²) in [4.78, 5) is 16.7. The Kier molecular flexibility index (Phi) is 6.73. The molecule has 0 radical (unpaired) electrons. The van der Waals surface area contributed by atoms with Gasteiger partial charge in [-0.3, -0.25) is 0 Å². The van der Waals surface area contributed by atoms with E-state index in [4.69, 9.17) is 9.73 Å². The van der Waals surface area contributed by atoms with Crippen LogP contribution < -0.4 is 5.32 Å².